The monoisotopic (exact) mass is 306 g/mol. The molecule has 0 unspecified atom stereocenters. The number of piperidine rings is 1. The molecule has 114 valence electrons. The van der Waals surface area contributed by atoms with Crippen molar-refractivity contribution in [1.29, 1.82) is 0 Å². The molecule has 1 fully saturated rings. The van der Waals surface area contributed by atoms with Gasteiger partial charge in [0, 0.05) is 0 Å². The predicted octanol–water partition coefficient (Wildman–Crippen LogP) is 2.62. The van der Waals surface area contributed by atoms with Crippen molar-refractivity contribution in [3.8, 4) is 10.8 Å². The smallest absolute Gasteiger partial charge is 0.268 e. The van der Waals surface area contributed by atoms with Gasteiger partial charge in [0.15, 0.2) is 5.82 Å². The van der Waals surface area contributed by atoms with Crippen LogP contribution in [0.1, 0.15) is 25.1 Å². The molecule has 6 heteroatoms. The van der Waals surface area contributed by atoms with Crippen molar-refractivity contribution in [1.82, 2.24) is 20.4 Å². The van der Waals surface area contributed by atoms with E-state index in [2.05, 4.69) is 20.4 Å². The summed E-state index contributed by atoms with van der Waals surface area (Å²) in [6, 6.07) is 4.01. The molecule has 0 spiro atoms. The zero-order valence-corrected chi connectivity index (χ0v) is 13.2. The molecule has 0 aromatic carbocycles. The number of nitrogens with zero attached hydrogens (tertiary/aromatic N) is 3. The minimum absolute atomic E-state index is 0.643. The van der Waals surface area contributed by atoms with Crippen LogP contribution in [0.3, 0.4) is 0 Å². The molecule has 2 aromatic rings. The third-order valence-corrected chi connectivity index (χ3v) is 4.93. The molecule has 2 aromatic heterocycles. The van der Waals surface area contributed by atoms with Crippen molar-refractivity contribution < 1.29 is 4.52 Å². The highest BCUT2D eigenvalue weighted by molar-refractivity contribution is 7.13. The average Bonchev–Trinajstić information content (AvgIpc) is 3.17. The van der Waals surface area contributed by atoms with Gasteiger partial charge in [-0.2, -0.15) is 4.98 Å². The Morgan fingerprint density at radius 3 is 3.00 bits per heavy atom. The van der Waals surface area contributed by atoms with Crippen LogP contribution >= 0.6 is 11.3 Å². The molecule has 1 aliphatic heterocycles. The van der Waals surface area contributed by atoms with Crippen molar-refractivity contribution in [2.24, 2.45) is 5.92 Å². The Balaban J connectivity index is 1.49. The van der Waals surface area contributed by atoms with E-state index in [-0.39, 0.29) is 0 Å². The Morgan fingerprint density at radius 2 is 2.29 bits per heavy atom. The summed E-state index contributed by atoms with van der Waals surface area (Å²) in [4.78, 5) is 7.97. The van der Waals surface area contributed by atoms with E-state index in [1.807, 2.05) is 24.6 Å². The fourth-order valence-corrected chi connectivity index (χ4v) is 3.44. The minimum atomic E-state index is 0.643. The Bertz CT molecular complexity index is 532. The lowest BCUT2D eigenvalue weighted by Gasteiger charge is -2.31. The van der Waals surface area contributed by atoms with Gasteiger partial charge < -0.3 is 9.84 Å². The molecule has 0 aliphatic carbocycles. The average molecular weight is 306 g/mol. The molecule has 21 heavy (non-hydrogen) atoms. The molecular weight excluding hydrogens is 284 g/mol. The van der Waals surface area contributed by atoms with Crippen molar-refractivity contribution in [2.75, 3.05) is 26.7 Å². The zero-order valence-electron chi connectivity index (χ0n) is 12.4. The van der Waals surface area contributed by atoms with E-state index in [0.29, 0.717) is 5.89 Å². The second-order valence-electron chi connectivity index (χ2n) is 5.60. The second kappa shape index (κ2) is 7.15. The molecule has 1 N–H and O–H groups in total. The van der Waals surface area contributed by atoms with Gasteiger partial charge in [-0.15, -0.1) is 11.3 Å². The largest absolute Gasteiger partial charge is 0.333 e. The van der Waals surface area contributed by atoms with Gasteiger partial charge in [-0.1, -0.05) is 11.2 Å². The summed E-state index contributed by atoms with van der Waals surface area (Å²) in [6.07, 6.45) is 3.84. The standard InChI is InChI=1S/C15H22N4OS/c1-16-7-4-12-5-8-19(9-6-12)11-14-17-15(20-18-14)13-3-2-10-21-13/h2-3,10,12,16H,4-9,11H2,1H3. The zero-order chi connectivity index (χ0) is 14.5. The number of rotatable bonds is 6. The Morgan fingerprint density at radius 1 is 1.43 bits per heavy atom. The number of hydrogen-bond donors (Lipinski definition) is 1. The van der Waals surface area contributed by atoms with Crippen LogP contribution in [0.2, 0.25) is 0 Å². The maximum atomic E-state index is 5.34. The third kappa shape index (κ3) is 3.90. The maximum Gasteiger partial charge on any atom is 0.268 e. The molecule has 0 radical (unpaired) electrons. The van der Waals surface area contributed by atoms with Crippen LogP contribution < -0.4 is 5.32 Å². The lowest BCUT2D eigenvalue weighted by molar-refractivity contribution is 0.167. The Kier molecular flexibility index (Phi) is 5.00. The molecule has 3 heterocycles. The molecule has 3 rings (SSSR count). The van der Waals surface area contributed by atoms with Gasteiger partial charge in [-0.3, -0.25) is 4.90 Å². The summed E-state index contributed by atoms with van der Waals surface area (Å²) in [7, 11) is 2.02. The first-order valence-corrected chi connectivity index (χ1v) is 8.46. The van der Waals surface area contributed by atoms with E-state index in [0.717, 1.165) is 42.8 Å². The van der Waals surface area contributed by atoms with Crippen LogP contribution in [0.15, 0.2) is 22.0 Å². The highest BCUT2D eigenvalue weighted by Crippen LogP contribution is 2.24. The Labute approximate surface area is 129 Å². The van der Waals surface area contributed by atoms with E-state index >= 15 is 0 Å². The van der Waals surface area contributed by atoms with E-state index in [9.17, 15) is 0 Å². The minimum Gasteiger partial charge on any atom is -0.333 e. The van der Waals surface area contributed by atoms with Crippen molar-refractivity contribution in [3.63, 3.8) is 0 Å². The lowest BCUT2D eigenvalue weighted by atomic mass is 9.93. The highest BCUT2D eigenvalue weighted by atomic mass is 32.1. The number of hydrogen-bond acceptors (Lipinski definition) is 6. The number of thiophene rings is 1. The predicted molar refractivity (Wildman–Crippen MR) is 84.2 cm³/mol. The lowest BCUT2D eigenvalue weighted by Crippen LogP contribution is -2.34. The van der Waals surface area contributed by atoms with Crippen LogP contribution in [0.4, 0.5) is 0 Å². The summed E-state index contributed by atoms with van der Waals surface area (Å²) in [5.41, 5.74) is 0. The fourth-order valence-electron chi connectivity index (χ4n) is 2.80. The molecular formula is C15H22N4OS. The van der Waals surface area contributed by atoms with Crippen molar-refractivity contribution >= 4 is 11.3 Å². The van der Waals surface area contributed by atoms with Gasteiger partial charge in [0.2, 0.25) is 0 Å². The molecule has 1 saturated heterocycles. The van der Waals surface area contributed by atoms with Gasteiger partial charge in [-0.05, 0) is 63.3 Å². The molecule has 0 atom stereocenters. The van der Waals surface area contributed by atoms with E-state index < -0.39 is 0 Å². The molecule has 0 amide bonds. The molecule has 0 bridgehead atoms. The summed E-state index contributed by atoms with van der Waals surface area (Å²) in [5, 5.41) is 9.36. The molecule has 5 nitrogen and oxygen atoms in total. The van der Waals surface area contributed by atoms with Crippen LogP contribution in [0, 0.1) is 5.92 Å². The van der Waals surface area contributed by atoms with Crippen molar-refractivity contribution in [3.05, 3.63) is 23.3 Å². The van der Waals surface area contributed by atoms with Crippen LogP contribution in [-0.4, -0.2) is 41.7 Å². The first-order valence-electron chi connectivity index (χ1n) is 7.58. The normalized spacial score (nSPS) is 17.4. The highest BCUT2D eigenvalue weighted by Gasteiger charge is 2.20. The van der Waals surface area contributed by atoms with E-state index in [1.165, 1.54) is 19.3 Å². The summed E-state index contributed by atoms with van der Waals surface area (Å²) < 4.78 is 5.34. The van der Waals surface area contributed by atoms with Gasteiger partial charge in [0.25, 0.3) is 5.89 Å². The summed E-state index contributed by atoms with van der Waals surface area (Å²) in [5.74, 6) is 2.30. The van der Waals surface area contributed by atoms with Gasteiger partial charge >= 0.3 is 0 Å². The van der Waals surface area contributed by atoms with Crippen LogP contribution in [0.25, 0.3) is 10.8 Å². The summed E-state index contributed by atoms with van der Waals surface area (Å²) in [6.45, 7) is 4.20. The SMILES string of the molecule is CNCCC1CCN(Cc2noc(-c3cccs3)n2)CC1. The van der Waals surface area contributed by atoms with Crippen LogP contribution in [0.5, 0.6) is 0 Å². The first-order chi connectivity index (χ1) is 10.3. The second-order valence-corrected chi connectivity index (χ2v) is 6.55. The molecule has 1 aliphatic rings. The first kappa shape index (κ1) is 14.7. The third-order valence-electron chi connectivity index (χ3n) is 4.07. The maximum absolute atomic E-state index is 5.34. The summed E-state index contributed by atoms with van der Waals surface area (Å²) >= 11 is 1.63. The number of aromatic nitrogens is 2. The van der Waals surface area contributed by atoms with E-state index in [4.69, 9.17) is 4.52 Å². The number of nitrogens with one attached hydrogen (secondary N) is 1. The van der Waals surface area contributed by atoms with Gasteiger partial charge in [-0.25, -0.2) is 0 Å². The fraction of sp³-hybridized carbons (Fsp3) is 0.600. The van der Waals surface area contributed by atoms with Gasteiger partial charge in [0.1, 0.15) is 0 Å². The quantitative estimate of drug-likeness (QED) is 0.889. The van der Waals surface area contributed by atoms with E-state index in [1.54, 1.807) is 11.3 Å². The molecule has 0 saturated carbocycles. The Hall–Kier alpha value is -1.24. The van der Waals surface area contributed by atoms with Gasteiger partial charge in [0.05, 0.1) is 11.4 Å². The number of likely N-dealkylation sites (tertiary alicyclic amines) is 1. The van der Waals surface area contributed by atoms with Crippen molar-refractivity contribution in [2.45, 2.75) is 25.8 Å². The van der Waals surface area contributed by atoms with Crippen LogP contribution in [-0.2, 0) is 6.54 Å². The topological polar surface area (TPSA) is 54.2 Å².